The molecule has 1 aromatic rings. The summed E-state index contributed by atoms with van der Waals surface area (Å²) in [5.41, 5.74) is 2.38. The van der Waals surface area contributed by atoms with Crippen molar-refractivity contribution in [1.29, 1.82) is 5.26 Å². The molecular formula is C22H23NO2. The van der Waals surface area contributed by atoms with Crippen LogP contribution in [-0.2, 0) is 9.53 Å². The molecule has 25 heavy (non-hydrogen) atoms. The second-order valence-corrected chi connectivity index (χ2v) is 4.78. The Morgan fingerprint density at radius 3 is 2.44 bits per heavy atom. The second-order valence-electron chi connectivity index (χ2n) is 4.78. The van der Waals surface area contributed by atoms with Crippen LogP contribution in [-0.4, -0.2) is 12.6 Å². The molecule has 3 nitrogen and oxygen atoms in total. The van der Waals surface area contributed by atoms with Gasteiger partial charge in [0.05, 0.1) is 6.07 Å². The average molecular weight is 333 g/mol. The number of nitrogens with zero attached hydrogens (tertiary/aromatic N) is 1. The van der Waals surface area contributed by atoms with E-state index in [1.54, 1.807) is 19.1 Å². The van der Waals surface area contributed by atoms with Crippen molar-refractivity contribution in [3.05, 3.63) is 103 Å². The SMILES string of the molecule is C=CC=CC(C=Cc1ccccc1)=CC#N.C=CCOC(=O)C(=C)C. The lowest BCUT2D eigenvalue weighted by Crippen LogP contribution is -2.03. The smallest absolute Gasteiger partial charge is 0.333 e. The first-order valence-corrected chi connectivity index (χ1v) is 7.60. The molecule has 0 unspecified atom stereocenters. The molecular weight excluding hydrogens is 310 g/mol. The summed E-state index contributed by atoms with van der Waals surface area (Å²) >= 11 is 0. The minimum atomic E-state index is -0.366. The van der Waals surface area contributed by atoms with Crippen molar-refractivity contribution < 1.29 is 9.53 Å². The minimum Gasteiger partial charge on any atom is -0.458 e. The Bertz CT molecular complexity index is 701. The molecule has 3 heteroatoms. The van der Waals surface area contributed by atoms with Crippen LogP contribution in [0.1, 0.15) is 12.5 Å². The first-order chi connectivity index (χ1) is 12.0. The molecule has 0 aliphatic rings. The molecule has 0 aliphatic heterocycles. The van der Waals surface area contributed by atoms with E-state index in [2.05, 4.69) is 24.5 Å². The zero-order chi connectivity index (χ0) is 18.9. The fourth-order valence-electron chi connectivity index (χ4n) is 1.42. The lowest BCUT2D eigenvalue weighted by atomic mass is 10.1. The number of carbonyl (C=O) groups is 1. The van der Waals surface area contributed by atoms with Crippen molar-refractivity contribution >= 4 is 12.0 Å². The molecule has 0 fully saturated rings. The largest absolute Gasteiger partial charge is 0.458 e. The Kier molecular flexibility index (Phi) is 12.3. The summed E-state index contributed by atoms with van der Waals surface area (Å²) in [6.45, 7) is 12.2. The Morgan fingerprint density at radius 2 is 1.92 bits per heavy atom. The van der Waals surface area contributed by atoms with Crippen LogP contribution in [0.5, 0.6) is 0 Å². The highest BCUT2D eigenvalue weighted by Crippen LogP contribution is 2.06. The van der Waals surface area contributed by atoms with Gasteiger partial charge in [-0.2, -0.15) is 5.26 Å². The van der Waals surface area contributed by atoms with Gasteiger partial charge in [-0.25, -0.2) is 4.79 Å². The van der Waals surface area contributed by atoms with Gasteiger partial charge in [-0.15, -0.1) is 0 Å². The van der Waals surface area contributed by atoms with Gasteiger partial charge in [0.2, 0.25) is 0 Å². The van der Waals surface area contributed by atoms with E-state index >= 15 is 0 Å². The first-order valence-electron chi connectivity index (χ1n) is 7.60. The third kappa shape index (κ3) is 11.8. The Morgan fingerprint density at radius 1 is 1.24 bits per heavy atom. The predicted molar refractivity (Wildman–Crippen MR) is 104 cm³/mol. The number of carbonyl (C=O) groups excluding carboxylic acids is 1. The van der Waals surface area contributed by atoms with E-state index in [0.29, 0.717) is 5.57 Å². The molecule has 0 atom stereocenters. The number of hydrogen-bond acceptors (Lipinski definition) is 3. The number of rotatable bonds is 7. The van der Waals surface area contributed by atoms with Gasteiger partial charge in [0.15, 0.2) is 0 Å². The van der Waals surface area contributed by atoms with Crippen molar-refractivity contribution in [3.8, 4) is 6.07 Å². The number of ether oxygens (including phenoxy) is 1. The molecule has 0 heterocycles. The number of nitriles is 1. The third-order valence-electron chi connectivity index (χ3n) is 2.60. The van der Waals surface area contributed by atoms with E-state index in [1.165, 1.54) is 12.2 Å². The monoisotopic (exact) mass is 333 g/mol. The second kappa shape index (κ2) is 14.2. The predicted octanol–water partition coefficient (Wildman–Crippen LogP) is 5.18. The highest BCUT2D eigenvalue weighted by molar-refractivity contribution is 5.86. The number of hydrogen-bond donors (Lipinski definition) is 0. The van der Waals surface area contributed by atoms with E-state index in [-0.39, 0.29) is 12.6 Å². The van der Waals surface area contributed by atoms with Gasteiger partial charge in [-0.3, -0.25) is 0 Å². The minimum absolute atomic E-state index is 0.256. The molecule has 0 radical (unpaired) electrons. The average Bonchev–Trinajstić information content (AvgIpc) is 2.63. The normalized spacial score (nSPS) is 10.5. The van der Waals surface area contributed by atoms with Crippen LogP contribution in [0.4, 0.5) is 0 Å². The summed E-state index contributed by atoms with van der Waals surface area (Å²) in [6, 6.07) is 12.0. The van der Waals surface area contributed by atoms with Gasteiger partial charge in [-0.05, 0) is 18.1 Å². The van der Waals surface area contributed by atoms with Gasteiger partial charge < -0.3 is 4.74 Å². The third-order valence-corrected chi connectivity index (χ3v) is 2.60. The van der Waals surface area contributed by atoms with Gasteiger partial charge >= 0.3 is 5.97 Å². The van der Waals surface area contributed by atoms with Gasteiger partial charge in [0, 0.05) is 11.6 Å². The molecule has 0 saturated heterocycles. The Hall–Kier alpha value is -3.38. The highest BCUT2D eigenvalue weighted by Gasteiger charge is 1.98. The zero-order valence-corrected chi connectivity index (χ0v) is 14.5. The van der Waals surface area contributed by atoms with Crippen molar-refractivity contribution in [2.24, 2.45) is 0 Å². The van der Waals surface area contributed by atoms with Crippen molar-refractivity contribution in [2.75, 3.05) is 6.61 Å². The van der Waals surface area contributed by atoms with Crippen molar-refractivity contribution in [2.45, 2.75) is 6.92 Å². The van der Waals surface area contributed by atoms with Crippen LogP contribution in [0, 0.1) is 11.3 Å². The summed E-state index contributed by atoms with van der Waals surface area (Å²) in [5, 5.41) is 8.61. The molecule has 0 saturated carbocycles. The molecule has 1 rings (SSSR count). The summed E-state index contributed by atoms with van der Waals surface area (Å²) in [5.74, 6) is -0.366. The summed E-state index contributed by atoms with van der Waals surface area (Å²) in [6.07, 6.45) is 12.2. The molecule has 0 aromatic heterocycles. The fraction of sp³-hybridized carbons (Fsp3) is 0.0909. The Labute approximate surface area is 150 Å². The number of esters is 1. The van der Waals surface area contributed by atoms with Gasteiger partial charge in [0.25, 0.3) is 0 Å². The quantitative estimate of drug-likeness (QED) is 0.227. The van der Waals surface area contributed by atoms with E-state index in [1.807, 2.05) is 54.6 Å². The van der Waals surface area contributed by atoms with Crippen LogP contribution in [0.15, 0.2) is 97.7 Å². The standard InChI is InChI=1S/C15H13N.C7H10O2/c1-2-3-7-15(12-13-16)11-10-14-8-5-4-6-9-14;1-4-5-9-7(8)6(2)3/h2-12H,1H2;4H,1-2,5H2,3H3. The van der Waals surface area contributed by atoms with E-state index in [0.717, 1.165) is 11.1 Å². The maximum atomic E-state index is 10.5. The van der Waals surface area contributed by atoms with E-state index < -0.39 is 0 Å². The van der Waals surface area contributed by atoms with Crippen LogP contribution < -0.4 is 0 Å². The maximum absolute atomic E-state index is 10.5. The Balaban J connectivity index is 0.000000547. The van der Waals surface area contributed by atoms with Crippen molar-refractivity contribution in [3.63, 3.8) is 0 Å². The molecule has 1 aromatic carbocycles. The molecule has 128 valence electrons. The first kappa shape index (κ1) is 21.6. The summed E-state index contributed by atoms with van der Waals surface area (Å²) in [7, 11) is 0. The topological polar surface area (TPSA) is 50.1 Å². The number of allylic oxidation sites excluding steroid dienone is 6. The van der Waals surface area contributed by atoms with Crippen LogP contribution in [0.3, 0.4) is 0 Å². The van der Waals surface area contributed by atoms with E-state index in [4.69, 9.17) is 5.26 Å². The van der Waals surface area contributed by atoms with Crippen LogP contribution in [0.2, 0.25) is 0 Å². The molecule has 0 aliphatic carbocycles. The zero-order valence-electron chi connectivity index (χ0n) is 14.5. The van der Waals surface area contributed by atoms with Crippen LogP contribution >= 0.6 is 0 Å². The molecule has 0 spiro atoms. The van der Waals surface area contributed by atoms with Crippen LogP contribution in [0.25, 0.3) is 6.08 Å². The van der Waals surface area contributed by atoms with E-state index in [9.17, 15) is 4.79 Å². The van der Waals surface area contributed by atoms with Crippen molar-refractivity contribution in [1.82, 2.24) is 0 Å². The van der Waals surface area contributed by atoms with Gasteiger partial charge in [-0.1, -0.05) is 86.5 Å². The number of benzene rings is 1. The highest BCUT2D eigenvalue weighted by atomic mass is 16.5. The maximum Gasteiger partial charge on any atom is 0.333 e. The fourth-order valence-corrected chi connectivity index (χ4v) is 1.42. The van der Waals surface area contributed by atoms with Gasteiger partial charge in [0.1, 0.15) is 6.61 Å². The molecule has 0 bridgehead atoms. The lowest BCUT2D eigenvalue weighted by molar-refractivity contribution is -0.137. The molecule has 0 amide bonds. The summed E-state index contributed by atoms with van der Waals surface area (Å²) < 4.78 is 4.60. The lowest BCUT2D eigenvalue weighted by Gasteiger charge is -1.97. The summed E-state index contributed by atoms with van der Waals surface area (Å²) in [4.78, 5) is 10.5. The molecule has 0 N–H and O–H groups in total.